The van der Waals surface area contributed by atoms with Crippen LogP contribution in [0.25, 0.3) is 0 Å². The molecular weight excluding hydrogens is 221 g/mol. The zero-order chi connectivity index (χ0) is 12.3. The molecule has 1 amide bonds. The van der Waals surface area contributed by atoms with Crippen LogP contribution in [-0.4, -0.2) is 27.5 Å². The van der Waals surface area contributed by atoms with Gasteiger partial charge in [-0.05, 0) is 17.7 Å². The standard InChI is InChI=1S/C12H12FN3O/c1-15(12(17)16-7-6-14-9-16)8-10-2-4-11(13)5-3-10/h2-7,9H,8H2,1H3. The van der Waals surface area contributed by atoms with Crippen molar-refractivity contribution in [2.45, 2.75) is 6.54 Å². The summed E-state index contributed by atoms with van der Waals surface area (Å²) in [7, 11) is 1.69. The summed E-state index contributed by atoms with van der Waals surface area (Å²) in [5, 5.41) is 0. The van der Waals surface area contributed by atoms with E-state index in [0.29, 0.717) is 6.54 Å². The molecule has 1 aromatic heterocycles. The van der Waals surface area contributed by atoms with E-state index in [1.807, 2.05) is 0 Å². The lowest BCUT2D eigenvalue weighted by atomic mass is 10.2. The number of imidazole rings is 1. The van der Waals surface area contributed by atoms with Crippen molar-refractivity contribution in [2.75, 3.05) is 7.05 Å². The lowest BCUT2D eigenvalue weighted by Crippen LogP contribution is -2.29. The van der Waals surface area contributed by atoms with Crippen molar-refractivity contribution < 1.29 is 9.18 Å². The Labute approximate surface area is 98.3 Å². The molecule has 0 saturated heterocycles. The number of rotatable bonds is 2. The minimum absolute atomic E-state index is 0.174. The zero-order valence-corrected chi connectivity index (χ0v) is 9.38. The van der Waals surface area contributed by atoms with Gasteiger partial charge in [0.2, 0.25) is 0 Å². The maximum atomic E-state index is 12.7. The molecule has 0 unspecified atom stereocenters. The number of aromatic nitrogens is 2. The number of carbonyl (C=O) groups excluding carboxylic acids is 1. The Morgan fingerprint density at radius 2 is 2.12 bits per heavy atom. The van der Waals surface area contributed by atoms with E-state index in [4.69, 9.17) is 0 Å². The summed E-state index contributed by atoms with van der Waals surface area (Å²) >= 11 is 0. The molecular formula is C12H12FN3O. The molecule has 0 radical (unpaired) electrons. The van der Waals surface area contributed by atoms with Gasteiger partial charge in [-0.2, -0.15) is 0 Å². The van der Waals surface area contributed by atoms with Gasteiger partial charge in [-0.15, -0.1) is 0 Å². The van der Waals surface area contributed by atoms with Crippen LogP contribution < -0.4 is 0 Å². The fraction of sp³-hybridized carbons (Fsp3) is 0.167. The van der Waals surface area contributed by atoms with Crippen LogP contribution in [0.4, 0.5) is 9.18 Å². The SMILES string of the molecule is CN(Cc1ccc(F)cc1)C(=O)n1ccnc1. The van der Waals surface area contributed by atoms with Crippen LogP contribution in [0.5, 0.6) is 0 Å². The number of hydrogen-bond donors (Lipinski definition) is 0. The zero-order valence-electron chi connectivity index (χ0n) is 9.38. The molecule has 0 aliphatic carbocycles. The van der Waals surface area contributed by atoms with Crippen molar-refractivity contribution in [1.82, 2.24) is 14.5 Å². The second kappa shape index (κ2) is 4.78. The summed E-state index contributed by atoms with van der Waals surface area (Å²) < 4.78 is 14.1. The molecule has 0 saturated carbocycles. The number of hydrogen-bond acceptors (Lipinski definition) is 2. The molecule has 0 aliphatic rings. The average Bonchev–Trinajstić information content (AvgIpc) is 2.84. The first kappa shape index (κ1) is 11.3. The van der Waals surface area contributed by atoms with Crippen LogP contribution in [0.2, 0.25) is 0 Å². The largest absolute Gasteiger partial charge is 0.329 e. The molecule has 4 nitrogen and oxygen atoms in total. The Balaban J connectivity index is 2.04. The van der Waals surface area contributed by atoms with E-state index in [-0.39, 0.29) is 11.8 Å². The summed E-state index contributed by atoms with van der Waals surface area (Å²) in [5.41, 5.74) is 0.877. The van der Waals surface area contributed by atoms with Crippen LogP contribution in [0.15, 0.2) is 43.0 Å². The minimum atomic E-state index is -0.280. The predicted molar refractivity (Wildman–Crippen MR) is 60.9 cm³/mol. The highest BCUT2D eigenvalue weighted by Crippen LogP contribution is 2.06. The van der Waals surface area contributed by atoms with Gasteiger partial charge in [0.25, 0.3) is 0 Å². The van der Waals surface area contributed by atoms with Crippen LogP contribution in [0, 0.1) is 5.82 Å². The third kappa shape index (κ3) is 2.69. The molecule has 0 fully saturated rings. The molecule has 88 valence electrons. The molecule has 17 heavy (non-hydrogen) atoms. The quantitative estimate of drug-likeness (QED) is 0.796. The lowest BCUT2D eigenvalue weighted by Gasteiger charge is -2.17. The van der Waals surface area contributed by atoms with Crippen LogP contribution in [0.3, 0.4) is 0 Å². The first-order valence-electron chi connectivity index (χ1n) is 5.14. The number of nitrogens with zero attached hydrogens (tertiary/aromatic N) is 3. The maximum absolute atomic E-state index is 12.7. The molecule has 0 N–H and O–H groups in total. The van der Waals surface area contributed by atoms with Gasteiger partial charge in [-0.25, -0.2) is 14.2 Å². The first-order valence-corrected chi connectivity index (χ1v) is 5.14. The Kier molecular flexibility index (Phi) is 3.18. The fourth-order valence-electron chi connectivity index (χ4n) is 1.50. The van der Waals surface area contributed by atoms with Gasteiger partial charge in [0.05, 0.1) is 0 Å². The number of amides is 1. The smallest absolute Gasteiger partial charge is 0.323 e. The van der Waals surface area contributed by atoms with Gasteiger partial charge in [-0.3, -0.25) is 4.57 Å². The Morgan fingerprint density at radius 1 is 1.41 bits per heavy atom. The molecule has 1 aromatic carbocycles. The lowest BCUT2D eigenvalue weighted by molar-refractivity contribution is 0.208. The Hall–Kier alpha value is -2.17. The van der Waals surface area contributed by atoms with E-state index < -0.39 is 0 Å². The molecule has 5 heteroatoms. The third-order valence-corrected chi connectivity index (χ3v) is 2.38. The maximum Gasteiger partial charge on any atom is 0.329 e. The Morgan fingerprint density at radius 3 is 2.71 bits per heavy atom. The average molecular weight is 233 g/mol. The topological polar surface area (TPSA) is 38.1 Å². The van der Waals surface area contributed by atoms with Crippen molar-refractivity contribution in [2.24, 2.45) is 0 Å². The molecule has 0 atom stereocenters. The highest BCUT2D eigenvalue weighted by Gasteiger charge is 2.10. The third-order valence-electron chi connectivity index (χ3n) is 2.38. The van der Waals surface area contributed by atoms with Crippen molar-refractivity contribution in [1.29, 1.82) is 0 Å². The summed E-state index contributed by atoms with van der Waals surface area (Å²) in [6.07, 6.45) is 4.58. The van der Waals surface area contributed by atoms with Crippen molar-refractivity contribution >= 4 is 6.03 Å². The molecule has 0 spiro atoms. The second-order valence-electron chi connectivity index (χ2n) is 3.74. The first-order chi connectivity index (χ1) is 8.16. The molecule has 0 aliphatic heterocycles. The van der Waals surface area contributed by atoms with Gasteiger partial charge < -0.3 is 4.90 Å². The monoisotopic (exact) mass is 233 g/mol. The van der Waals surface area contributed by atoms with Gasteiger partial charge in [0.1, 0.15) is 12.1 Å². The normalized spacial score (nSPS) is 10.2. The number of benzene rings is 1. The van der Waals surface area contributed by atoms with E-state index >= 15 is 0 Å². The van der Waals surface area contributed by atoms with Gasteiger partial charge in [0.15, 0.2) is 0 Å². The summed E-state index contributed by atoms with van der Waals surface area (Å²) in [6.45, 7) is 0.428. The van der Waals surface area contributed by atoms with Gasteiger partial charge in [0, 0.05) is 26.0 Å². The predicted octanol–water partition coefficient (Wildman–Crippen LogP) is 2.12. The molecule has 2 aromatic rings. The van der Waals surface area contributed by atoms with E-state index in [9.17, 15) is 9.18 Å². The minimum Gasteiger partial charge on any atom is -0.323 e. The van der Waals surface area contributed by atoms with Gasteiger partial charge in [-0.1, -0.05) is 12.1 Å². The van der Waals surface area contributed by atoms with E-state index in [0.717, 1.165) is 5.56 Å². The van der Waals surface area contributed by atoms with E-state index in [1.54, 1.807) is 31.6 Å². The molecule has 0 bridgehead atoms. The summed E-state index contributed by atoms with van der Waals surface area (Å²) in [5.74, 6) is -0.280. The summed E-state index contributed by atoms with van der Waals surface area (Å²) in [4.78, 5) is 17.2. The van der Waals surface area contributed by atoms with Crippen LogP contribution in [-0.2, 0) is 6.54 Å². The highest BCUT2D eigenvalue weighted by atomic mass is 19.1. The molecule has 2 rings (SSSR count). The van der Waals surface area contributed by atoms with Crippen molar-refractivity contribution in [3.05, 3.63) is 54.4 Å². The second-order valence-corrected chi connectivity index (χ2v) is 3.74. The van der Waals surface area contributed by atoms with Crippen molar-refractivity contribution in [3.63, 3.8) is 0 Å². The summed E-state index contributed by atoms with van der Waals surface area (Å²) in [6, 6.07) is 5.90. The van der Waals surface area contributed by atoms with E-state index in [1.165, 1.54) is 27.9 Å². The van der Waals surface area contributed by atoms with Crippen molar-refractivity contribution in [3.8, 4) is 0 Å². The van der Waals surface area contributed by atoms with Crippen LogP contribution in [0.1, 0.15) is 5.56 Å². The highest BCUT2D eigenvalue weighted by molar-refractivity contribution is 5.76. The molecule has 1 heterocycles. The Bertz CT molecular complexity index is 493. The van der Waals surface area contributed by atoms with Crippen LogP contribution >= 0.6 is 0 Å². The number of halogens is 1. The fourth-order valence-corrected chi connectivity index (χ4v) is 1.50. The van der Waals surface area contributed by atoms with Gasteiger partial charge >= 0.3 is 6.03 Å². The number of carbonyl (C=O) groups is 1. The van der Waals surface area contributed by atoms with E-state index in [2.05, 4.69) is 4.98 Å².